The van der Waals surface area contributed by atoms with Crippen molar-refractivity contribution in [3.63, 3.8) is 0 Å². The highest BCUT2D eigenvalue weighted by atomic mass is 16.5. The van der Waals surface area contributed by atoms with Crippen molar-refractivity contribution in [1.82, 2.24) is 0 Å². The van der Waals surface area contributed by atoms with Gasteiger partial charge in [0.1, 0.15) is 0 Å². The van der Waals surface area contributed by atoms with E-state index in [4.69, 9.17) is 15.2 Å². The van der Waals surface area contributed by atoms with Crippen molar-refractivity contribution in [2.75, 3.05) is 37.5 Å². The van der Waals surface area contributed by atoms with E-state index in [1.165, 1.54) is 0 Å². The van der Waals surface area contributed by atoms with E-state index in [0.29, 0.717) is 24.5 Å². The number of nitrogens with zero attached hydrogens (tertiary/aromatic N) is 1. The van der Waals surface area contributed by atoms with Crippen LogP contribution in [0.25, 0.3) is 0 Å². The fourth-order valence-electron chi connectivity index (χ4n) is 2.21. The number of methoxy groups -OCH3 is 1. The molecule has 0 fully saturated rings. The van der Waals surface area contributed by atoms with Gasteiger partial charge in [-0.2, -0.15) is 0 Å². The van der Waals surface area contributed by atoms with Gasteiger partial charge in [-0.25, -0.2) is 4.79 Å². The monoisotopic (exact) mass is 280 g/mol. The molecule has 5 heteroatoms. The number of benzene rings is 1. The number of anilines is 2. The summed E-state index contributed by atoms with van der Waals surface area (Å²) in [5.74, 6) is -0.348. The average molecular weight is 280 g/mol. The summed E-state index contributed by atoms with van der Waals surface area (Å²) in [4.78, 5) is 13.8. The molecular weight excluding hydrogens is 256 g/mol. The van der Waals surface area contributed by atoms with Gasteiger partial charge in [-0.1, -0.05) is 0 Å². The number of hydrogen-bond acceptors (Lipinski definition) is 5. The summed E-state index contributed by atoms with van der Waals surface area (Å²) in [6.45, 7) is 7.70. The van der Waals surface area contributed by atoms with E-state index in [9.17, 15) is 4.79 Å². The zero-order valence-corrected chi connectivity index (χ0v) is 12.7. The fourth-order valence-corrected chi connectivity index (χ4v) is 2.21. The quantitative estimate of drug-likeness (QED) is 0.613. The molecule has 1 atom stereocenters. The normalized spacial score (nSPS) is 12.0. The van der Waals surface area contributed by atoms with E-state index in [-0.39, 0.29) is 12.0 Å². The molecule has 0 amide bonds. The molecule has 20 heavy (non-hydrogen) atoms. The van der Waals surface area contributed by atoms with Crippen molar-refractivity contribution >= 4 is 17.3 Å². The van der Waals surface area contributed by atoms with Crippen LogP contribution in [0.3, 0.4) is 0 Å². The van der Waals surface area contributed by atoms with Crippen molar-refractivity contribution in [1.29, 1.82) is 0 Å². The first-order valence-corrected chi connectivity index (χ1v) is 6.87. The van der Waals surface area contributed by atoms with Crippen molar-refractivity contribution < 1.29 is 14.3 Å². The van der Waals surface area contributed by atoms with Crippen molar-refractivity contribution in [2.24, 2.45) is 0 Å². The molecule has 1 aromatic carbocycles. The molecule has 1 rings (SSSR count). The molecule has 0 radical (unpaired) electrons. The first kappa shape index (κ1) is 16.3. The van der Waals surface area contributed by atoms with Gasteiger partial charge >= 0.3 is 5.97 Å². The highest BCUT2D eigenvalue weighted by Crippen LogP contribution is 2.26. The summed E-state index contributed by atoms with van der Waals surface area (Å²) in [6, 6.07) is 5.47. The molecule has 1 aromatic rings. The van der Waals surface area contributed by atoms with Crippen LogP contribution in [0.15, 0.2) is 18.2 Å². The number of carbonyl (C=O) groups excluding carboxylic acids is 1. The lowest BCUT2D eigenvalue weighted by atomic mass is 10.1. The second-order valence-corrected chi connectivity index (χ2v) is 4.58. The SMILES string of the molecule is CCOC(=O)c1ccc(N(CC)C(C)COC)c(N)c1. The molecule has 1 unspecified atom stereocenters. The number of nitrogens with two attached hydrogens (primary N) is 1. The lowest BCUT2D eigenvalue weighted by Gasteiger charge is -2.30. The molecule has 0 aromatic heterocycles. The van der Waals surface area contributed by atoms with Crippen LogP contribution in [0.5, 0.6) is 0 Å². The van der Waals surface area contributed by atoms with E-state index in [0.717, 1.165) is 12.2 Å². The molecule has 0 aliphatic rings. The minimum atomic E-state index is -0.348. The highest BCUT2D eigenvalue weighted by Gasteiger charge is 2.17. The van der Waals surface area contributed by atoms with Crippen LogP contribution < -0.4 is 10.6 Å². The van der Waals surface area contributed by atoms with Crippen LogP contribution in [0.1, 0.15) is 31.1 Å². The topological polar surface area (TPSA) is 64.8 Å². The summed E-state index contributed by atoms with van der Waals surface area (Å²) in [5.41, 5.74) is 8.03. The standard InChI is InChI=1S/C15H24N2O3/c1-5-17(11(3)10-19-4)14-8-7-12(9-13(14)16)15(18)20-6-2/h7-9,11H,5-6,10,16H2,1-4H3. The third-order valence-electron chi connectivity index (χ3n) is 3.13. The van der Waals surface area contributed by atoms with Crippen LogP contribution in [0, 0.1) is 0 Å². The van der Waals surface area contributed by atoms with Gasteiger partial charge in [-0.3, -0.25) is 0 Å². The number of rotatable bonds is 7. The number of nitrogen functional groups attached to an aromatic ring is 1. The zero-order chi connectivity index (χ0) is 15.1. The predicted octanol–water partition coefficient (Wildman–Crippen LogP) is 2.31. The summed E-state index contributed by atoms with van der Waals surface area (Å²) >= 11 is 0. The van der Waals surface area contributed by atoms with Crippen LogP contribution in [0.2, 0.25) is 0 Å². The van der Waals surface area contributed by atoms with Gasteiger partial charge in [0.2, 0.25) is 0 Å². The number of hydrogen-bond donors (Lipinski definition) is 1. The average Bonchev–Trinajstić information content (AvgIpc) is 2.42. The van der Waals surface area contributed by atoms with Gasteiger partial charge in [0, 0.05) is 19.7 Å². The Kier molecular flexibility index (Phi) is 6.31. The molecule has 0 heterocycles. The van der Waals surface area contributed by atoms with Crippen molar-refractivity contribution in [3.8, 4) is 0 Å². The maximum Gasteiger partial charge on any atom is 0.338 e. The van der Waals surface area contributed by atoms with E-state index in [2.05, 4.69) is 18.7 Å². The summed E-state index contributed by atoms with van der Waals surface area (Å²) in [5, 5.41) is 0. The molecule has 0 saturated carbocycles. The third-order valence-corrected chi connectivity index (χ3v) is 3.13. The molecule has 5 nitrogen and oxygen atoms in total. The molecule has 0 aliphatic heterocycles. The number of esters is 1. The van der Waals surface area contributed by atoms with Crippen LogP contribution in [0.4, 0.5) is 11.4 Å². The Hall–Kier alpha value is -1.75. The molecule has 0 spiro atoms. The van der Waals surface area contributed by atoms with Gasteiger partial charge in [-0.15, -0.1) is 0 Å². The smallest absolute Gasteiger partial charge is 0.338 e. The number of likely N-dealkylation sites (N-methyl/N-ethyl adjacent to an activating group) is 1. The summed E-state index contributed by atoms with van der Waals surface area (Å²) in [7, 11) is 1.68. The van der Waals surface area contributed by atoms with Gasteiger partial charge in [0.15, 0.2) is 0 Å². The van der Waals surface area contributed by atoms with Crippen molar-refractivity contribution in [2.45, 2.75) is 26.8 Å². The third kappa shape index (κ3) is 3.87. The summed E-state index contributed by atoms with van der Waals surface area (Å²) < 4.78 is 10.2. The van der Waals surface area contributed by atoms with E-state index < -0.39 is 0 Å². The minimum Gasteiger partial charge on any atom is -0.462 e. The molecule has 0 aliphatic carbocycles. The van der Waals surface area contributed by atoms with E-state index in [1.807, 2.05) is 6.07 Å². The molecule has 0 bridgehead atoms. The van der Waals surface area contributed by atoms with Gasteiger partial charge in [0.25, 0.3) is 0 Å². The highest BCUT2D eigenvalue weighted by molar-refractivity contribution is 5.92. The summed E-state index contributed by atoms with van der Waals surface area (Å²) in [6.07, 6.45) is 0. The van der Waals surface area contributed by atoms with E-state index >= 15 is 0 Å². The largest absolute Gasteiger partial charge is 0.462 e. The Morgan fingerprint density at radius 1 is 1.40 bits per heavy atom. The van der Waals surface area contributed by atoms with Crippen LogP contribution in [-0.2, 0) is 9.47 Å². The lowest BCUT2D eigenvalue weighted by Crippen LogP contribution is -2.36. The first-order chi connectivity index (χ1) is 9.54. The molecule has 112 valence electrons. The van der Waals surface area contributed by atoms with Crippen LogP contribution in [-0.4, -0.2) is 38.9 Å². The first-order valence-electron chi connectivity index (χ1n) is 6.87. The molecule has 0 saturated heterocycles. The predicted molar refractivity (Wildman–Crippen MR) is 81.2 cm³/mol. The Morgan fingerprint density at radius 3 is 2.60 bits per heavy atom. The van der Waals surface area contributed by atoms with Crippen LogP contribution >= 0.6 is 0 Å². The Bertz CT molecular complexity index is 449. The van der Waals surface area contributed by atoms with Gasteiger partial charge < -0.3 is 20.1 Å². The number of carbonyl (C=O) groups is 1. The second-order valence-electron chi connectivity index (χ2n) is 4.58. The Morgan fingerprint density at radius 2 is 2.10 bits per heavy atom. The second kappa shape index (κ2) is 7.75. The zero-order valence-electron chi connectivity index (χ0n) is 12.7. The lowest BCUT2D eigenvalue weighted by molar-refractivity contribution is 0.0526. The van der Waals surface area contributed by atoms with Gasteiger partial charge in [0.05, 0.1) is 30.2 Å². The minimum absolute atomic E-state index is 0.209. The molecule has 2 N–H and O–H groups in total. The maximum absolute atomic E-state index is 11.7. The Balaban J connectivity index is 2.98. The molecular formula is C15H24N2O3. The van der Waals surface area contributed by atoms with Gasteiger partial charge in [-0.05, 0) is 39.0 Å². The van der Waals surface area contributed by atoms with E-state index in [1.54, 1.807) is 26.2 Å². The number of ether oxygens (including phenoxy) is 2. The maximum atomic E-state index is 11.7. The Labute approximate surface area is 120 Å². The van der Waals surface area contributed by atoms with Crippen molar-refractivity contribution in [3.05, 3.63) is 23.8 Å². The fraction of sp³-hybridized carbons (Fsp3) is 0.533.